The van der Waals surface area contributed by atoms with Gasteiger partial charge in [0, 0.05) is 36.0 Å². The van der Waals surface area contributed by atoms with Crippen LogP contribution in [0.5, 0.6) is 11.5 Å². The van der Waals surface area contributed by atoms with Gasteiger partial charge < -0.3 is 19.7 Å². The highest BCUT2D eigenvalue weighted by Crippen LogP contribution is 2.34. The first kappa shape index (κ1) is 24.5. The van der Waals surface area contributed by atoms with E-state index < -0.39 is 0 Å². The number of amides is 2. The van der Waals surface area contributed by atoms with Crippen molar-refractivity contribution in [3.8, 4) is 22.8 Å². The highest BCUT2D eigenvalue weighted by molar-refractivity contribution is 7.14. The third-order valence-electron chi connectivity index (χ3n) is 6.66. The zero-order valence-electron chi connectivity index (χ0n) is 20.0. The number of piperidine rings is 1. The van der Waals surface area contributed by atoms with E-state index in [4.69, 9.17) is 9.47 Å². The number of thiazole rings is 1. The van der Waals surface area contributed by atoms with Crippen LogP contribution in [-0.2, 0) is 9.59 Å². The Morgan fingerprint density at radius 2 is 1.79 bits per heavy atom. The molecule has 0 aliphatic carbocycles. The van der Waals surface area contributed by atoms with Gasteiger partial charge in [0.15, 0.2) is 5.13 Å². The minimum absolute atomic E-state index is 0.0834. The predicted octanol–water partition coefficient (Wildman–Crippen LogP) is 3.88. The topological polar surface area (TPSA) is 84.0 Å². The van der Waals surface area contributed by atoms with Gasteiger partial charge in [-0.3, -0.25) is 14.5 Å². The normalized spacial score (nSPS) is 17.8. The molecule has 4 rings (SSSR count). The maximum atomic E-state index is 12.9. The molecular formula is C25H34N4O4S. The van der Waals surface area contributed by atoms with Crippen LogP contribution in [0.4, 0.5) is 5.13 Å². The van der Waals surface area contributed by atoms with E-state index in [1.54, 1.807) is 14.2 Å². The van der Waals surface area contributed by atoms with Crippen LogP contribution in [-0.4, -0.2) is 73.5 Å². The fourth-order valence-electron chi connectivity index (χ4n) is 4.71. The predicted molar refractivity (Wildman–Crippen MR) is 133 cm³/mol. The number of rotatable bonds is 7. The molecule has 0 spiro atoms. The van der Waals surface area contributed by atoms with Crippen molar-refractivity contribution in [2.45, 2.75) is 38.5 Å². The van der Waals surface area contributed by atoms with Crippen LogP contribution >= 0.6 is 11.3 Å². The number of methoxy groups -OCH3 is 2. The lowest BCUT2D eigenvalue weighted by atomic mass is 9.95. The summed E-state index contributed by atoms with van der Waals surface area (Å²) in [6, 6.07) is 5.57. The highest BCUT2D eigenvalue weighted by atomic mass is 32.1. The number of aromatic nitrogens is 1. The van der Waals surface area contributed by atoms with E-state index in [1.165, 1.54) is 24.2 Å². The number of ether oxygens (including phenoxy) is 2. The second-order valence-electron chi connectivity index (χ2n) is 8.94. The van der Waals surface area contributed by atoms with Crippen LogP contribution in [0.1, 0.15) is 38.5 Å². The summed E-state index contributed by atoms with van der Waals surface area (Å²) in [6.45, 7) is 3.65. The van der Waals surface area contributed by atoms with Crippen molar-refractivity contribution in [3.63, 3.8) is 0 Å². The number of likely N-dealkylation sites (tertiary alicyclic amines) is 2. The monoisotopic (exact) mass is 486 g/mol. The smallest absolute Gasteiger partial charge is 0.240 e. The van der Waals surface area contributed by atoms with Crippen molar-refractivity contribution in [2.24, 2.45) is 5.92 Å². The molecule has 0 saturated carbocycles. The molecule has 1 aromatic heterocycles. The van der Waals surface area contributed by atoms with E-state index in [0.717, 1.165) is 63.1 Å². The average Bonchev–Trinajstić information content (AvgIpc) is 3.14. The molecule has 34 heavy (non-hydrogen) atoms. The molecule has 9 heteroatoms. The molecule has 184 valence electrons. The molecule has 2 saturated heterocycles. The SMILES string of the molecule is COc1ccc(-c2csc(NC(=O)CN3CCC(C(=O)N4CCCCCC4)CC3)n2)c(OC)c1. The summed E-state index contributed by atoms with van der Waals surface area (Å²) < 4.78 is 10.7. The summed E-state index contributed by atoms with van der Waals surface area (Å²) in [5.41, 5.74) is 1.59. The minimum Gasteiger partial charge on any atom is -0.497 e. The van der Waals surface area contributed by atoms with E-state index in [-0.39, 0.29) is 11.8 Å². The van der Waals surface area contributed by atoms with Crippen molar-refractivity contribution < 1.29 is 19.1 Å². The fraction of sp³-hybridized carbons (Fsp3) is 0.560. The summed E-state index contributed by atoms with van der Waals surface area (Å²) in [7, 11) is 3.22. The van der Waals surface area contributed by atoms with Gasteiger partial charge in [-0.2, -0.15) is 0 Å². The summed E-state index contributed by atoms with van der Waals surface area (Å²) in [6.07, 6.45) is 6.34. The lowest BCUT2D eigenvalue weighted by Crippen LogP contribution is -2.44. The van der Waals surface area contributed by atoms with Gasteiger partial charge >= 0.3 is 0 Å². The van der Waals surface area contributed by atoms with Crippen LogP contribution in [0.25, 0.3) is 11.3 Å². The van der Waals surface area contributed by atoms with E-state index in [0.29, 0.717) is 29.1 Å². The van der Waals surface area contributed by atoms with Gasteiger partial charge in [-0.05, 0) is 50.9 Å². The van der Waals surface area contributed by atoms with Gasteiger partial charge in [0.25, 0.3) is 0 Å². The largest absolute Gasteiger partial charge is 0.497 e. The fourth-order valence-corrected chi connectivity index (χ4v) is 5.44. The molecule has 2 fully saturated rings. The van der Waals surface area contributed by atoms with Gasteiger partial charge in [0.05, 0.1) is 26.5 Å². The van der Waals surface area contributed by atoms with E-state index in [1.807, 2.05) is 23.6 Å². The van der Waals surface area contributed by atoms with E-state index in [9.17, 15) is 9.59 Å². The number of hydrogen-bond acceptors (Lipinski definition) is 7. The molecule has 1 aromatic carbocycles. The van der Waals surface area contributed by atoms with Gasteiger partial charge in [-0.25, -0.2) is 4.98 Å². The van der Waals surface area contributed by atoms with Gasteiger partial charge in [0.1, 0.15) is 11.5 Å². The van der Waals surface area contributed by atoms with Gasteiger partial charge in [0.2, 0.25) is 11.8 Å². The van der Waals surface area contributed by atoms with Crippen molar-refractivity contribution in [1.29, 1.82) is 0 Å². The molecule has 1 N–H and O–H groups in total. The van der Waals surface area contributed by atoms with Crippen molar-refractivity contribution in [3.05, 3.63) is 23.6 Å². The first-order valence-corrected chi connectivity index (χ1v) is 12.9. The Hall–Kier alpha value is -2.65. The number of nitrogens with one attached hydrogen (secondary N) is 1. The third kappa shape index (κ3) is 6.07. The lowest BCUT2D eigenvalue weighted by molar-refractivity contribution is -0.137. The Morgan fingerprint density at radius 1 is 1.06 bits per heavy atom. The molecule has 2 aliphatic rings. The van der Waals surface area contributed by atoms with Crippen LogP contribution in [0, 0.1) is 5.92 Å². The first-order chi connectivity index (χ1) is 16.6. The molecule has 0 radical (unpaired) electrons. The Morgan fingerprint density at radius 3 is 2.47 bits per heavy atom. The number of nitrogens with zero attached hydrogens (tertiary/aromatic N) is 3. The Kier molecular flexibility index (Phi) is 8.39. The third-order valence-corrected chi connectivity index (χ3v) is 7.41. The molecule has 8 nitrogen and oxygen atoms in total. The van der Waals surface area contributed by atoms with Crippen LogP contribution in [0.3, 0.4) is 0 Å². The molecule has 2 amide bonds. The summed E-state index contributed by atoms with van der Waals surface area (Å²) in [4.78, 5) is 34.3. The maximum absolute atomic E-state index is 12.9. The minimum atomic E-state index is -0.0834. The molecule has 0 atom stereocenters. The molecule has 2 aromatic rings. The Balaban J connectivity index is 1.27. The highest BCUT2D eigenvalue weighted by Gasteiger charge is 2.29. The summed E-state index contributed by atoms with van der Waals surface area (Å²) in [5.74, 6) is 1.70. The Bertz CT molecular complexity index is 979. The zero-order chi connectivity index (χ0) is 23.9. The van der Waals surface area contributed by atoms with E-state index in [2.05, 4.69) is 20.1 Å². The van der Waals surface area contributed by atoms with Crippen LogP contribution < -0.4 is 14.8 Å². The summed E-state index contributed by atoms with van der Waals surface area (Å²) >= 11 is 1.39. The Labute approximate surface area is 205 Å². The lowest BCUT2D eigenvalue weighted by Gasteiger charge is -2.33. The van der Waals surface area contributed by atoms with Crippen molar-refractivity contribution in [2.75, 3.05) is 52.3 Å². The second kappa shape index (κ2) is 11.7. The van der Waals surface area contributed by atoms with Crippen molar-refractivity contribution >= 4 is 28.3 Å². The molecular weight excluding hydrogens is 452 g/mol. The average molecular weight is 487 g/mol. The molecule has 0 bridgehead atoms. The number of carbonyl (C=O) groups is 2. The van der Waals surface area contributed by atoms with Gasteiger partial charge in [-0.1, -0.05) is 12.8 Å². The van der Waals surface area contributed by atoms with Gasteiger partial charge in [-0.15, -0.1) is 11.3 Å². The number of hydrogen-bond donors (Lipinski definition) is 1. The quantitative estimate of drug-likeness (QED) is 0.640. The van der Waals surface area contributed by atoms with Crippen LogP contribution in [0.15, 0.2) is 23.6 Å². The molecule has 2 aliphatic heterocycles. The number of anilines is 1. The molecule has 3 heterocycles. The van der Waals surface area contributed by atoms with E-state index >= 15 is 0 Å². The number of benzene rings is 1. The summed E-state index contributed by atoms with van der Waals surface area (Å²) in [5, 5.41) is 5.38. The maximum Gasteiger partial charge on any atom is 0.240 e. The number of carbonyl (C=O) groups excluding carboxylic acids is 2. The van der Waals surface area contributed by atoms with Crippen molar-refractivity contribution in [1.82, 2.24) is 14.8 Å². The molecule has 0 unspecified atom stereocenters. The van der Waals surface area contributed by atoms with Crippen LogP contribution in [0.2, 0.25) is 0 Å². The zero-order valence-corrected chi connectivity index (χ0v) is 20.9. The standard InChI is InChI=1S/C25H34N4O4S/c1-32-19-7-8-20(22(15-19)33-2)21-17-34-25(26-21)27-23(30)16-28-13-9-18(10-14-28)24(31)29-11-5-3-4-6-12-29/h7-8,15,17-18H,3-6,9-14,16H2,1-2H3,(H,26,27,30). The first-order valence-electron chi connectivity index (χ1n) is 12.1. The second-order valence-corrected chi connectivity index (χ2v) is 9.80.